The highest BCUT2D eigenvalue weighted by molar-refractivity contribution is 5.63. The molecule has 3 rings (SSSR count). The molecule has 1 N–H and O–H groups in total. The first kappa shape index (κ1) is 15.7. The molecule has 0 spiro atoms. The van der Waals surface area contributed by atoms with Crippen molar-refractivity contribution >= 4 is 5.69 Å². The van der Waals surface area contributed by atoms with E-state index >= 15 is 0 Å². The van der Waals surface area contributed by atoms with E-state index < -0.39 is 0 Å². The molecule has 0 amide bonds. The molecule has 122 valence electrons. The summed E-state index contributed by atoms with van der Waals surface area (Å²) in [6.45, 7) is 3.88. The summed E-state index contributed by atoms with van der Waals surface area (Å²) >= 11 is 0. The van der Waals surface area contributed by atoms with Crippen LogP contribution in [0, 0.1) is 5.82 Å². The second-order valence-electron chi connectivity index (χ2n) is 6.02. The maximum Gasteiger partial charge on any atom is 0.143 e. The van der Waals surface area contributed by atoms with Crippen molar-refractivity contribution in [1.29, 1.82) is 0 Å². The van der Waals surface area contributed by atoms with Gasteiger partial charge in [-0.1, -0.05) is 25.5 Å². The van der Waals surface area contributed by atoms with Crippen LogP contribution in [0.2, 0.25) is 0 Å². The summed E-state index contributed by atoms with van der Waals surface area (Å²) in [5.74, 6) is 0.840. The molecule has 3 nitrogen and oxygen atoms in total. The van der Waals surface area contributed by atoms with Crippen molar-refractivity contribution in [2.24, 2.45) is 0 Å². The van der Waals surface area contributed by atoms with Crippen LogP contribution < -0.4 is 9.64 Å². The Morgan fingerprint density at radius 3 is 2.74 bits per heavy atom. The number of rotatable bonds is 5. The number of hydrogen-bond acceptors (Lipinski definition) is 3. The number of fused-ring (bicyclic) bond motifs is 1. The van der Waals surface area contributed by atoms with Gasteiger partial charge in [-0.3, -0.25) is 0 Å². The number of phenols is 1. The van der Waals surface area contributed by atoms with E-state index in [2.05, 4.69) is 11.8 Å². The van der Waals surface area contributed by atoms with Crippen molar-refractivity contribution in [2.75, 3.05) is 18.0 Å². The van der Waals surface area contributed by atoms with Gasteiger partial charge in [0.2, 0.25) is 0 Å². The van der Waals surface area contributed by atoms with Gasteiger partial charge in [-0.25, -0.2) is 4.39 Å². The molecule has 1 aliphatic heterocycles. The van der Waals surface area contributed by atoms with Crippen molar-refractivity contribution in [3.63, 3.8) is 0 Å². The topological polar surface area (TPSA) is 32.7 Å². The molecule has 1 atom stereocenters. The molecule has 23 heavy (non-hydrogen) atoms. The predicted molar refractivity (Wildman–Crippen MR) is 89.7 cm³/mol. The molecule has 0 bridgehead atoms. The quantitative estimate of drug-likeness (QED) is 0.900. The maximum atomic E-state index is 13.0. The number of unbranched alkanes of at least 4 members (excludes halogenated alkanes) is 1. The Kier molecular flexibility index (Phi) is 4.70. The van der Waals surface area contributed by atoms with Gasteiger partial charge in [-0.2, -0.15) is 0 Å². The second-order valence-corrected chi connectivity index (χ2v) is 6.02. The average molecular weight is 315 g/mol. The third-order valence-corrected chi connectivity index (χ3v) is 4.16. The van der Waals surface area contributed by atoms with Crippen molar-refractivity contribution in [3.8, 4) is 11.5 Å². The van der Waals surface area contributed by atoms with Crippen LogP contribution in [0.4, 0.5) is 10.1 Å². The second kappa shape index (κ2) is 6.90. The first-order valence-electron chi connectivity index (χ1n) is 8.15. The van der Waals surface area contributed by atoms with Crippen molar-refractivity contribution in [2.45, 2.75) is 32.3 Å². The molecule has 0 saturated carbocycles. The number of ether oxygens (including phenoxy) is 1. The minimum absolute atomic E-state index is 0.0226. The third-order valence-electron chi connectivity index (χ3n) is 4.16. The average Bonchev–Trinajstić information content (AvgIpc) is 2.55. The summed E-state index contributed by atoms with van der Waals surface area (Å²) in [5, 5.41) is 9.74. The zero-order valence-electron chi connectivity index (χ0n) is 13.3. The molecule has 4 heteroatoms. The molecule has 1 heterocycles. The van der Waals surface area contributed by atoms with Crippen LogP contribution >= 0.6 is 0 Å². The van der Waals surface area contributed by atoms with Crippen LogP contribution in [0.15, 0.2) is 42.5 Å². The van der Waals surface area contributed by atoms with E-state index in [1.54, 1.807) is 24.3 Å². The third kappa shape index (κ3) is 3.76. The Bertz CT molecular complexity index is 657. The fourth-order valence-corrected chi connectivity index (χ4v) is 2.96. The lowest BCUT2D eigenvalue weighted by atomic mass is 10.0. The molecule has 0 fully saturated rings. The molecule has 1 unspecified atom stereocenters. The number of benzene rings is 2. The van der Waals surface area contributed by atoms with Gasteiger partial charge in [0, 0.05) is 19.0 Å². The SMILES string of the molecule is CCCCN1CC(Cc2ccc(F)cc2)Oc2ccc(O)cc21. The molecule has 0 radical (unpaired) electrons. The lowest BCUT2D eigenvalue weighted by molar-refractivity contribution is 0.193. The lowest BCUT2D eigenvalue weighted by Crippen LogP contribution is -2.41. The van der Waals surface area contributed by atoms with Crippen LogP contribution in [0.5, 0.6) is 11.5 Å². The summed E-state index contributed by atoms with van der Waals surface area (Å²) in [5.41, 5.74) is 2.02. The van der Waals surface area contributed by atoms with E-state index in [1.165, 1.54) is 12.1 Å². The standard InChI is InChI=1S/C19H22FNO2/c1-2-3-10-21-13-17(11-14-4-6-15(20)7-5-14)23-19-9-8-16(22)12-18(19)21/h4-9,12,17,22H,2-3,10-11,13H2,1H3. The van der Waals surface area contributed by atoms with E-state index in [9.17, 15) is 9.50 Å². The van der Waals surface area contributed by atoms with Crippen LogP contribution in [0.25, 0.3) is 0 Å². The van der Waals surface area contributed by atoms with Gasteiger partial charge in [0.05, 0.1) is 12.2 Å². The summed E-state index contributed by atoms with van der Waals surface area (Å²) in [6, 6.07) is 11.8. The monoisotopic (exact) mass is 315 g/mol. The Labute approximate surface area is 136 Å². The summed E-state index contributed by atoms with van der Waals surface area (Å²) in [4.78, 5) is 2.27. The summed E-state index contributed by atoms with van der Waals surface area (Å²) < 4.78 is 19.1. The molecule has 0 aliphatic carbocycles. The number of anilines is 1. The normalized spacial score (nSPS) is 16.8. The molecule has 0 saturated heterocycles. The van der Waals surface area contributed by atoms with Crippen molar-refractivity contribution < 1.29 is 14.2 Å². The number of phenolic OH excluding ortho intramolecular Hbond substituents is 1. The van der Waals surface area contributed by atoms with Crippen LogP contribution in [-0.4, -0.2) is 24.3 Å². The molecule has 1 aliphatic rings. The minimum Gasteiger partial charge on any atom is -0.508 e. The number of aromatic hydroxyl groups is 1. The molecular weight excluding hydrogens is 293 g/mol. The molecule has 0 aromatic heterocycles. The summed E-state index contributed by atoms with van der Waals surface area (Å²) in [7, 11) is 0. The molecule has 2 aromatic rings. The van der Waals surface area contributed by atoms with Gasteiger partial charge >= 0.3 is 0 Å². The Balaban J connectivity index is 1.78. The number of halogens is 1. The van der Waals surface area contributed by atoms with Gasteiger partial charge in [-0.15, -0.1) is 0 Å². The highest BCUT2D eigenvalue weighted by atomic mass is 19.1. The zero-order chi connectivity index (χ0) is 16.2. The lowest BCUT2D eigenvalue weighted by Gasteiger charge is -2.36. The van der Waals surface area contributed by atoms with Crippen molar-refractivity contribution in [3.05, 3.63) is 53.8 Å². The smallest absolute Gasteiger partial charge is 0.143 e. The highest BCUT2D eigenvalue weighted by Gasteiger charge is 2.26. The largest absolute Gasteiger partial charge is 0.508 e. The van der Waals surface area contributed by atoms with E-state index in [0.717, 1.165) is 49.4 Å². The van der Waals surface area contributed by atoms with Gasteiger partial charge in [0.1, 0.15) is 23.4 Å². The van der Waals surface area contributed by atoms with E-state index in [1.807, 2.05) is 6.07 Å². The molecular formula is C19H22FNO2. The van der Waals surface area contributed by atoms with E-state index in [0.29, 0.717) is 0 Å². The Hall–Kier alpha value is -2.23. The van der Waals surface area contributed by atoms with Gasteiger partial charge < -0.3 is 14.7 Å². The highest BCUT2D eigenvalue weighted by Crippen LogP contribution is 2.36. The summed E-state index contributed by atoms with van der Waals surface area (Å²) in [6.07, 6.45) is 2.98. The Morgan fingerprint density at radius 2 is 2.00 bits per heavy atom. The van der Waals surface area contributed by atoms with Crippen LogP contribution in [-0.2, 0) is 6.42 Å². The molecule has 2 aromatic carbocycles. The van der Waals surface area contributed by atoms with Gasteiger partial charge in [0.25, 0.3) is 0 Å². The number of hydrogen-bond donors (Lipinski definition) is 1. The van der Waals surface area contributed by atoms with Crippen molar-refractivity contribution in [1.82, 2.24) is 0 Å². The zero-order valence-corrected chi connectivity index (χ0v) is 13.3. The van der Waals surface area contributed by atoms with Crippen LogP contribution in [0.1, 0.15) is 25.3 Å². The minimum atomic E-state index is -0.219. The van der Waals surface area contributed by atoms with E-state index in [-0.39, 0.29) is 17.7 Å². The van der Waals surface area contributed by atoms with E-state index in [4.69, 9.17) is 4.74 Å². The fraction of sp³-hybridized carbons (Fsp3) is 0.368. The Morgan fingerprint density at radius 1 is 1.22 bits per heavy atom. The first-order valence-corrected chi connectivity index (χ1v) is 8.15. The first-order chi connectivity index (χ1) is 11.2. The maximum absolute atomic E-state index is 13.0. The van der Waals surface area contributed by atoms with Gasteiger partial charge in [-0.05, 0) is 36.2 Å². The predicted octanol–water partition coefficient (Wildman–Crippen LogP) is 4.14. The van der Waals surface area contributed by atoms with Gasteiger partial charge in [0.15, 0.2) is 0 Å². The number of nitrogens with zero attached hydrogens (tertiary/aromatic N) is 1. The fourth-order valence-electron chi connectivity index (χ4n) is 2.96. The van der Waals surface area contributed by atoms with Crippen LogP contribution in [0.3, 0.4) is 0 Å².